The van der Waals surface area contributed by atoms with Gasteiger partial charge in [0.1, 0.15) is 0 Å². The van der Waals surface area contributed by atoms with Gasteiger partial charge in [0.25, 0.3) is 0 Å². The molecule has 0 aliphatic heterocycles. The molecule has 0 unspecified atom stereocenters. The number of amides is 1. The van der Waals surface area contributed by atoms with E-state index < -0.39 is 6.04 Å². The van der Waals surface area contributed by atoms with Crippen LogP contribution >= 0.6 is 36.4 Å². The van der Waals surface area contributed by atoms with E-state index in [0.717, 1.165) is 78.5 Å². The summed E-state index contributed by atoms with van der Waals surface area (Å²) in [6.07, 6.45) is 12.6. The van der Waals surface area contributed by atoms with Crippen LogP contribution in [0.5, 0.6) is 0 Å². The van der Waals surface area contributed by atoms with Crippen molar-refractivity contribution in [3.8, 4) is 0 Å². The van der Waals surface area contributed by atoms with Gasteiger partial charge in [0.05, 0.1) is 11.6 Å². The van der Waals surface area contributed by atoms with Gasteiger partial charge in [0.15, 0.2) is 0 Å². The Morgan fingerprint density at radius 2 is 1.73 bits per heavy atom. The molecule has 1 amide bonds. The number of unbranched alkanes of at least 4 members (excludes halogenated alkanes) is 4. The Labute approximate surface area is 254 Å². The van der Waals surface area contributed by atoms with Crippen LogP contribution in [0.3, 0.4) is 0 Å². The van der Waals surface area contributed by atoms with Crippen molar-refractivity contribution in [3.05, 3.63) is 70.5 Å². The van der Waals surface area contributed by atoms with Crippen molar-refractivity contribution >= 4 is 69.8 Å². The number of fused-ring (bicyclic) bond motifs is 3. The second kappa shape index (κ2) is 15.5. The zero-order valence-corrected chi connectivity index (χ0v) is 25.2. The summed E-state index contributed by atoms with van der Waals surface area (Å²) < 4.78 is 0. The summed E-state index contributed by atoms with van der Waals surface area (Å²) >= 11 is 6.24. The van der Waals surface area contributed by atoms with Gasteiger partial charge >= 0.3 is 0 Å². The van der Waals surface area contributed by atoms with Gasteiger partial charge in [-0.25, -0.2) is 0 Å². The number of H-pyrrole nitrogens is 1. The lowest BCUT2D eigenvalue weighted by Gasteiger charge is -2.22. The fourth-order valence-electron chi connectivity index (χ4n) is 5.57. The Morgan fingerprint density at radius 3 is 2.58 bits per heavy atom. The summed E-state index contributed by atoms with van der Waals surface area (Å²) in [6.45, 7) is 1.63. The first-order valence-corrected chi connectivity index (χ1v) is 14.4. The number of aryl methyl sites for hydroxylation is 1. The molecule has 40 heavy (non-hydrogen) atoms. The minimum absolute atomic E-state index is 0. The maximum atomic E-state index is 12.5. The monoisotopic (exact) mass is 603 g/mol. The summed E-state index contributed by atoms with van der Waals surface area (Å²) in [5.74, 6) is -0.0753. The third-order valence-electron chi connectivity index (χ3n) is 7.63. The lowest BCUT2D eigenvalue weighted by molar-refractivity contribution is -0.122. The molecule has 2 aromatic heterocycles. The summed E-state index contributed by atoms with van der Waals surface area (Å²) in [5, 5.41) is 9.79. The molecule has 5 N–H and O–H groups in total. The van der Waals surface area contributed by atoms with Crippen molar-refractivity contribution in [1.29, 1.82) is 0 Å². The summed E-state index contributed by atoms with van der Waals surface area (Å²) in [5.41, 5.74) is 13.2. The Balaban J connectivity index is 0.00000220. The number of anilines is 1. The smallest absolute Gasteiger partial charge is 0.237 e. The summed E-state index contributed by atoms with van der Waals surface area (Å²) in [6, 6.07) is 13.6. The molecular formula is C31H40Cl3N5O. The van der Waals surface area contributed by atoms with E-state index in [4.69, 9.17) is 22.3 Å². The molecule has 1 atom stereocenters. The van der Waals surface area contributed by atoms with Gasteiger partial charge in [0, 0.05) is 52.0 Å². The van der Waals surface area contributed by atoms with Crippen molar-refractivity contribution in [3.63, 3.8) is 0 Å². The molecule has 0 saturated carbocycles. The summed E-state index contributed by atoms with van der Waals surface area (Å²) in [7, 11) is 0. The van der Waals surface area contributed by atoms with Gasteiger partial charge in [-0.05, 0) is 80.3 Å². The number of aromatic amines is 1. The minimum atomic E-state index is -0.536. The number of nitrogens with two attached hydrogens (primary N) is 1. The number of pyridine rings is 1. The molecule has 0 radical (unpaired) electrons. The summed E-state index contributed by atoms with van der Waals surface area (Å²) in [4.78, 5) is 20.6. The van der Waals surface area contributed by atoms with Crippen LogP contribution in [0.25, 0.3) is 21.8 Å². The van der Waals surface area contributed by atoms with E-state index in [0.29, 0.717) is 13.0 Å². The van der Waals surface area contributed by atoms with E-state index in [1.807, 2.05) is 36.5 Å². The number of halogens is 3. The van der Waals surface area contributed by atoms with E-state index in [1.54, 1.807) is 0 Å². The van der Waals surface area contributed by atoms with Crippen LogP contribution in [-0.4, -0.2) is 35.0 Å². The number of hydrogen-bond acceptors (Lipinski definition) is 4. The highest BCUT2D eigenvalue weighted by Gasteiger charge is 2.18. The van der Waals surface area contributed by atoms with Gasteiger partial charge in [0.2, 0.25) is 5.91 Å². The highest BCUT2D eigenvalue weighted by molar-refractivity contribution is 6.31. The number of nitrogens with one attached hydrogen (secondary N) is 3. The van der Waals surface area contributed by atoms with Crippen molar-refractivity contribution in [2.75, 3.05) is 18.4 Å². The molecule has 2 heterocycles. The molecule has 0 bridgehead atoms. The Kier molecular flexibility index (Phi) is 12.4. The molecule has 0 fully saturated rings. The average molecular weight is 605 g/mol. The molecule has 1 aliphatic carbocycles. The number of aromatic nitrogens is 2. The maximum absolute atomic E-state index is 12.5. The highest BCUT2D eigenvalue weighted by atomic mass is 35.5. The Bertz CT molecular complexity index is 1410. The van der Waals surface area contributed by atoms with E-state index in [1.165, 1.54) is 35.2 Å². The van der Waals surface area contributed by atoms with E-state index >= 15 is 0 Å². The average Bonchev–Trinajstić information content (AvgIpc) is 3.33. The number of rotatable bonds is 12. The third kappa shape index (κ3) is 7.82. The van der Waals surface area contributed by atoms with Crippen molar-refractivity contribution in [2.24, 2.45) is 5.73 Å². The number of para-hydroxylation sites is 1. The van der Waals surface area contributed by atoms with Crippen LogP contribution in [-0.2, 0) is 24.1 Å². The van der Waals surface area contributed by atoms with E-state index in [9.17, 15) is 4.79 Å². The quantitative estimate of drug-likeness (QED) is 0.129. The van der Waals surface area contributed by atoms with Gasteiger partial charge < -0.3 is 21.4 Å². The van der Waals surface area contributed by atoms with Crippen LogP contribution in [0, 0.1) is 0 Å². The normalized spacial score (nSPS) is 13.2. The number of hydrogen-bond donors (Lipinski definition) is 4. The zero-order chi connectivity index (χ0) is 26.3. The number of benzene rings is 2. The molecule has 0 saturated heterocycles. The third-order valence-corrected chi connectivity index (χ3v) is 7.87. The topological polar surface area (TPSA) is 95.8 Å². The predicted octanol–water partition coefficient (Wildman–Crippen LogP) is 7.14. The molecule has 0 spiro atoms. The molecule has 4 aromatic rings. The van der Waals surface area contributed by atoms with Crippen LogP contribution in [0.1, 0.15) is 61.8 Å². The first kappa shape index (κ1) is 32.0. The van der Waals surface area contributed by atoms with Crippen LogP contribution < -0.4 is 16.4 Å². The van der Waals surface area contributed by atoms with Gasteiger partial charge in [-0.1, -0.05) is 49.1 Å². The fourth-order valence-corrected chi connectivity index (χ4v) is 5.73. The fraction of sp³-hybridized carbons (Fsp3) is 0.419. The number of carbonyl (C=O) groups excluding carboxylic acids is 1. The zero-order valence-electron chi connectivity index (χ0n) is 22.8. The number of carbonyl (C=O) groups is 1. The van der Waals surface area contributed by atoms with Crippen LogP contribution in [0.2, 0.25) is 5.02 Å². The van der Waals surface area contributed by atoms with Gasteiger partial charge in [-0.2, -0.15) is 0 Å². The van der Waals surface area contributed by atoms with Crippen molar-refractivity contribution in [1.82, 2.24) is 15.3 Å². The molecule has 1 aliphatic rings. The highest BCUT2D eigenvalue weighted by Crippen LogP contribution is 2.34. The predicted molar refractivity (Wildman–Crippen MR) is 172 cm³/mol. The minimum Gasteiger partial charge on any atom is -0.384 e. The van der Waals surface area contributed by atoms with Gasteiger partial charge in [-0.3, -0.25) is 9.78 Å². The standard InChI is InChI=1S/C31H38ClN5O.2ClH/c32-22-14-15-25-29(19-22)37-28-13-7-5-11-24(28)30(25)34-16-8-2-1-3-9-17-35-31(38)26(33)18-21-20-36-27-12-6-4-10-23(21)27;;/h4,6,10,12,14-15,19-20,26,36H,1-3,5,7-9,11,13,16-18,33H2,(H,34,37)(H,35,38);2*1H/t26-;;/m0../s1. The molecule has 216 valence electrons. The van der Waals surface area contributed by atoms with Gasteiger partial charge in [-0.15, -0.1) is 24.8 Å². The second-order valence-electron chi connectivity index (χ2n) is 10.4. The van der Waals surface area contributed by atoms with Crippen LogP contribution in [0.15, 0.2) is 48.7 Å². The lowest BCUT2D eigenvalue weighted by atomic mass is 9.92. The Hall–Kier alpha value is -2.51. The first-order valence-electron chi connectivity index (χ1n) is 14.0. The van der Waals surface area contributed by atoms with Crippen LogP contribution in [0.4, 0.5) is 5.69 Å². The maximum Gasteiger partial charge on any atom is 0.237 e. The molecule has 9 heteroatoms. The Morgan fingerprint density at radius 1 is 0.975 bits per heavy atom. The second-order valence-corrected chi connectivity index (χ2v) is 10.9. The lowest BCUT2D eigenvalue weighted by Crippen LogP contribution is -2.42. The van der Waals surface area contributed by atoms with E-state index in [2.05, 4.69) is 27.8 Å². The molecule has 2 aromatic carbocycles. The molecule has 5 rings (SSSR count). The van der Waals surface area contributed by atoms with Crippen molar-refractivity contribution in [2.45, 2.75) is 70.3 Å². The number of nitrogens with zero attached hydrogens (tertiary/aromatic N) is 1. The van der Waals surface area contributed by atoms with Crippen molar-refractivity contribution < 1.29 is 4.79 Å². The van der Waals surface area contributed by atoms with E-state index in [-0.39, 0.29) is 30.7 Å². The SMILES string of the molecule is Cl.Cl.N[C@@H](Cc1c[nH]c2ccccc12)C(=O)NCCCCCCCNc1c2c(nc3cc(Cl)ccc13)CCCC2. The first-order chi connectivity index (χ1) is 18.6. The molecular weight excluding hydrogens is 565 g/mol. The molecule has 6 nitrogen and oxygen atoms in total. The largest absolute Gasteiger partial charge is 0.384 e.